The lowest BCUT2D eigenvalue weighted by atomic mass is 10.1. The van der Waals surface area contributed by atoms with E-state index in [9.17, 15) is 4.79 Å². The first-order valence-electron chi connectivity index (χ1n) is 5.43. The number of nitrogens with zero attached hydrogens (tertiary/aromatic N) is 2. The molecule has 1 aromatic heterocycles. The summed E-state index contributed by atoms with van der Waals surface area (Å²) in [6, 6.07) is 3.72. The molecule has 90 valence electrons. The van der Waals surface area contributed by atoms with E-state index in [1.54, 1.807) is 0 Å². The molecule has 1 aliphatic rings. The first kappa shape index (κ1) is 12.0. The molecule has 1 fully saturated rings. The summed E-state index contributed by atoms with van der Waals surface area (Å²) in [6.45, 7) is 7.45. The van der Waals surface area contributed by atoms with Crippen molar-refractivity contribution in [2.24, 2.45) is 0 Å². The van der Waals surface area contributed by atoms with Crippen LogP contribution in [0.2, 0.25) is 0 Å². The molecule has 4 nitrogen and oxygen atoms in total. The highest BCUT2D eigenvalue weighted by Crippen LogP contribution is 2.25. The topological polar surface area (TPSA) is 45.2 Å². The van der Waals surface area contributed by atoms with Gasteiger partial charge < -0.3 is 5.32 Å². The maximum Gasteiger partial charge on any atom is 0.258 e. The minimum absolute atomic E-state index is 0.0347. The molecule has 17 heavy (non-hydrogen) atoms. The van der Waals surface area contributed by atoms with Gasteiger partial charge in [0.05, 0.1) is 5.69 Å². The van der Waals surface area contributed by atoms with Gasteiger partial charge in [-0.3, -0.25) is 14.7 Å². The molecule has 0 aromatic carbocycles. The molecule has 1 saturated heterocycles. The number of carbonyl (C=O) groups excluding carboxylic acids is 1. The van der Waals surface area contributed by atoms with E-state index in [1.807, 2.05) is 39.8 Å². The van der Waals surface area contributed by atoms with E-state index < -0.39 is 5.54 Å². The lowest BCUT2D eigenvalue weighted by Crippen LogP contribution is -2.40. The number of hydrogen-bond acceptors (Lipinski definition) is 3. The Bertz CT molecular complexity index is 490. The van der Waals surface area contributed by atoms with E-state index in [0.29, 0.717) is 5.11 Å². The first-order chi connectivity index (χ1) is 7.81. The van der Waals surface area contributed by atoms with Crippen LogP contribution in [0.15, 0.2) is 12.1 Å². The fraction of sp³-hybridized carbons (Fsp3) is 0.417. The molecule has 0 saturated carbocycles. The maximum atomic E-state index is 12.2. The Balaban J connectivity index is 2.47. The minimum Gasteiger partial charge on any atom is -0.348 e. The molecule has 1 aliphatic heterocycles. The van der Waals surface area contributed by atoms with Crippen molar-refractivity contribution in [3.63, 3.8) is 0 Å². The Kier molecular flexibility index (Phi) is 2.66. The summed E-state index contributed by atoms with van der Waals surface area (Å²) in [5.74, 6) is -0.0347. The second-order valence-electron chi connectivity index (χ2n) is 4.80. The third-order valence-corrected chi connectivity index (χ3v) is 2.97. The van der Waals surface area contributed by atoms with E-state index in [0.717, 1.165) is 17.1 Å². The average Bonchev–Trinajstić information content (AvgIpc) is 2.34. The first-order valence-corrected chi connectivity index (χ1v) is 5.84. The van der Waals surface area contributed by atoms with Gasteiger partial charge in [0.2, 0.25) is 0 Å². The average molecular weight is 249 g/mol. The van der Waals surface area contributed by atoms with Crippen LogP contribution in [0.1, 0.15) is 25.2 Å². The Hall–Kier alpha value is -1.49. The molecule has 0 spiro atoms. The van der Waals surface area contributed by atoms with Gasteiger partial charge in [-0.25, -0.2) is 0 Å². The van der Waals surface area contributed by atoms with Gasteiger partial charge in [-0.2, -0.15) is 0 Å². The molecule has 0 aliphatic carbocycles. The molecule has 1 aromatic rings. The van der Waals surface area contributed by atoms with Crippen molar-refractivity contribution >= 4 is 28.9 Å². The number of hydrogen-bond donors (Lipinski definition) is 1. The quantitative estimate of drug-likeness (QED) is 0.769. The molecule has 2 heterocycles. The highest BCUT2D eigenvalue weighted by molar-refractivity contribution is 7.80. The molecular weight excluding hydrogens is 234 g/mol. The molecular formula is C12H15N3OS. The zero-order valence-corrected chi connectivity index (χ0v) is 11.2. The summed E-state index contributed by atoms with van der Waals surface area (Å²) in [7, 11) is 0. The standard InChI is InChI=1S/C12H15N3OS/c1-7-5-9(6-8(2)13-7)15-10(16)12(3,4)14-11(15)17/h5-6H,1-4H3,(H,14,17). The van der Waals surface area contributed by atoms with Crippen molar-refractivity contribution in [1.29, 1.82) is 0 Å². The van der Waals surface area contributed by atoms with E-state index in [2.05, 4.69) is 10.3 Å². The van der Waals surface area contributed by atoms with Gasteiger partial charge in [0.1, 0.15) is 5.54 Å². The van der Waals surface area contributed by atoms with Crippen LogP contribution in [0.5, 0.6) is 0 Å². The second kappa shape index (κ2) is 3.77. The van der Waals surface area contributed by atoms with Crippen LogP contribution in [0.25, 0.3) is 0 Å². The summed E-state index contributed by atoms with van der Waals surface area (Å²) in [5.41, 5.74) is 1.89. The second-order valence-corrected chi connectivity index (χ2v) is 5.19. The smallest absolute Gasteiger partial charge is 0.258 e. The number of anilines is 1. The normalized spacial score (nSPS) is 18.5. The van der Waals surface area contributed by atoms with Crippen molar-refractivity contribution in [2.45, 2.75) is 33.2 Å². The van der Waals surface area contributed by atoms with Crippen LogP contribution in [0.4, 0.5) is 5.69 Å². The number of aryl methyl sites for hydroxylation is 2. The van der Waals surface area contributed by atoms with Crippen LogP contribution < -0.4 is 10.2 Å². The molecule has 0 radical (unpaired) electrons. The zero-order chi connectivity index (χ0) is 12.8. The summed E-state index contributed by atoms with van der Waals surface area (Å²) >= 11 is 5.21. The Morgan fingerprint density at radius 2 is 1.82 bits per heavy atom. The van der Waals surface area contributed by atoms with Crippen molar-refractivity contribution in [1.82, 2.24) is 10.3 Å². The lowest BCUT2D eigenvalue weighted by Gasteiger charge is -2.17. The van der Waals surface area contributed by atoms with Crippen LogP contribution in [0.3, 0.4) is 0 Å². The monoisotopic (exact) mass is 249 g/mol. The highest BCUT2D eigenvalue weighted by Gasteiger charge is 2.42. The van der Waals surface area contributed by atoms with Gasteiger partial charge in [0.25, 0.3) is 5.91 Å². The van der Waals surface area contributed by atoms with E-state index in [-0.39, 0.29) is 5.91 Å². The fourth-order valence-corrected chi connectivity index (χ4v) is 2.37. The number of pyridine rings is 1. The van der Waals surface area contributed by atoms with Crippen molar-refractivity contribution in [3.05, 3.63) is 23.5 Å². The Morgan fingerprint density at radius 3 is 2.24 bits per heavy atom. The third kappa shape index (κ3) is 2.02. The number of carbonyl (C=O) groups is 1. The maximum absolute atomic E-state index is 12.2. The van der Waals surface area contributed by atoms with Crippen molar-refractivity contribution < 1.29 is 4.79 Å². The molecule has 0 atom stereocenters. The SMILES string of the molecule is Cc1cc(N2C(=O)C(C)(C)NC2=S)cc(C)n1. The molecule has 1 amide bonds. The molecule has 0 unspecified atom stereocenters. The molecule has 5 heteroatoms. The molecule has 0 bridgehead atoms. The predicted octanol–water partition coefficient (Wildman–Crippen LogP) is 1.70. The van der Waals surface area contributed by atoms with Crippen LogP contribution >= 0.6 is 12.2 Å². The summed E-state index contributed by atoms with van der Waals surface area (Å²) in [6.07, 6.45) is 0. The van der Waals surface area contributed by atoms with Gasteiger partial charge in [0, 0.05) is 11.4 Å². The molecule has 1 N–H and O–H groups in total. The third-order valence-electron chi connectivity index (χ3n) is 2.68. The Morgan fingerprint density at radius 1 is 1.29 bits per heavy atom. The highest BCUT2D eigenvalue weighted by atomic mass is 32.1. The number of aromatic nitrogens is 1. The number of nitrogens with one attached hydrogen (secondary N) is 1. The molecule has 2 rings (SSSR count). The summed E-state index contributed by atoms with van der Waals surface area (Å²) < 4.78 is 0. The number of rotatable bonds is 1. The van der Waals surface area contributed by atoms with Gasteiger partial charge in [0.15, 0.2) is 5.11 Å². The van der Waals surface area contributed by atoms with Crippen molar-refractivity contribution in [3.8, 4) is 0 Å². The van der Waals surface area contributed by atoms with Crippen LogP contribution in [0, 0.1) is 13.8 Å². The predicted molar refractivity (Wildman–Crippen MR) is 71.0 cm³/mol. The number of thiocarbonyl (C=S) groups is 1. The largest absolute Gasteiger partial charge is 0.348 e. The van der Waals surface area contributed by atoms with Gasteiger partial charge >= 0.3 is 0 Å². The van der Waals surface area contributed by atoms with E-state index in [1.165, 1.54) is 4.90 Å². The fourth-order valence-electron chi connectivity index (χ4n) is 1.92. The minimum atomic E-state index is -0.637. The van der Waals surface area contributed by atoms with Crippen LogP contribution in [-0.4, -0.2) is 21.5 Å². The van der Waals surface area contributed by atoms with E-state index >= 15 is 0 Å². The van der Waals surface area contributed by atoms with Gasteiger partial charge in [-0.05, 0) is 52.0 Å². The van der Waals surface area contributed by atoms with Gasteiger partial charge in [-0.1, -0.05) is 0 Å². The van der Waals surface area contributed by atoms with E-state index in [4.69, 9.17) is 12.2 Å². The summed E-state index contributed by atoms with van der Waals surface area (Å²) in [5, 5.41) is 3.47. The zero-order valence-electron chi connectivity index (χ0n) is 10.4. The van der Waals surface area contributed by atoms with Crippen LogP contribution in [-0.2, 0) is 4.79 Å². The lowest BCUT2D eigenvalue weighted by molar-refractivity contribution is -0.120. The van der Waals surface area contributed by atoms with Gasteiger partial charge in [-0.15, -0.1) is 0 Å². The summed E-state index contributed by atoms with van der Waals surface area (Å²) in [4.78, 5) is 18.0. The Labute approximate surface area is 106 Å². The number of amides is 1. The van der Waals surface area contributed by atoms with Crippen molar-refractivity contribution in [2.75, 3.05) is 4.90 Å².